The molecule has 0 aromatic carbocycles. The van der Waals surface area contributed by atoms with E-state index in [2.05, 4.69) is 16.4 Å². The highest BCUT2D eigenvalue weighted by Gasteiger charge is 2.32. The summed E-state index contributed by atoms with van der Waals surface area (Å²) in [7, 11) is 1.85. The zero-order valence-corrected chi connectivity index (χ0v) is 14.4. The Morgan fingerprint density at radius 2 is 2.08 bits per heavy atom. The molecule has 24 heavy (non-hydrogen) atoms. The van der Waals surface area contributed by atoms with Crippen molar-refractivity contribution in [3.8, 4) is 6.07 Å². The number of nitriles is 1. The number of hydrogen-bond acceptors (Lipinski definition) is 4. The van der Waals surface area contributed by atoms with E-state index >= 15 is 0 Å². The Labute approximate surface area is 144 Å². The quantitative estimate of drug-likeness (QED) is 0.924. The van der Waals surface area contributed by atoms with Crippen molar-refractivity contribution in [2.45, 2.75) is 51.0 Å². The molecule has 1 heterocycles. The molecule has 2 aliphatic rings. The van der Waals surface area contributed by atoms with Gasteiger partial charge in [-0.25, -0.2) is 4.98 Å². The normalized spacial score (nSPS) is 26.1. The third-order valence-corrected chi connectivity index (χ3v) is 5.55. The minimum Gasteiger partial charge on any atom is -0.352 e. The second kappa shape index (κ2) is 7.65. The van der Waals surface area contributed by atoms with Gasteiger partial charge in [-0.2, -0.15) is 5.26 Å². The van der Waals surface area contributed by atoms with Gasteiger partial charge in [-0.15, -0.1) is 0 Å². The van der Waals surface area contributed by atoms with Crippen LogP contribution in [0.3, 0.4) is 0 Å². The van der Waals surface area contributed by atoms with Gasteiger partial charge in [-0.05, 0) is 43.2 Å². The number of aromatic nitrogens is 1. The van der Waals surface area contributed by atoms with Crippen LogP contribution in [0.15, 0.2) is 18.3 Å². The molecule has 1 N–H and O–H groups in total. The number of carbonyl (C=O) groups excluding carboxylic acids is 1. The number of fused-ring (bicyclic) bond motifs is 1. The Morgan fingerprint density at radius 3 is 2.79 bits per heavy atom. The van der Waals surface area contributed by atoms with Gasteiger partial charge in [-0.1, -0.05) is 25.7 Å². The molecule has 1 aromatic rings. The van der Waals surface area contributed by atoms with Gasteiger partial charge in [-0.3, -0.25) is 4.79 Å². The Bertz CT molecular complexity index is 607. The molecule has 2 fully saturated rings. The van der Waals surface area contributed by atoms with E-state index in [-0.39, 0.29) is 5.91 Å². The van der Waals surface area contributed by atoms with Crippen LogP contribution in [0, 0.1) is 23.2 Å². The molecule has 2 aliphatic carbocycles. The number of nitrogens with zero attached hydrogens (tertiary/aromatic N) is 3. The molecule has 128 valence electrons. The fourth-order valence-corrected chi connectivity index (χ4v) is 4.25. The maximum atomic E-state index is 12.3. The van der Waals surface area contributed by atoms with Gasteiger partial charge in [0.15, 0.2) is 0 Å². The average Bonchev–Trinajstić information content (AvgIpc) is 2.61. The zero-order valence-electron chi connectivity index (χ0n) is 14.4. The van der Waals surface area contributed by atoms with Crippen molar-refractivity contribution in [2.75, 3.05) is 18.5 Å². The first-order valence-corrected chi connectivity index (χ1v) is 9.02. The van der Waals surface area contributed by atoms with Gasteiger partial charge in [0.1, 0.15) is 11.9 Å². The Hall–Kier alpha value is -2.09. The Balaban J connectivity index is 1.49. The number of amides is 1. The highest BCUT2D eigenvalue weighted by molar-refractivity contribution is 5.81. The molecule has 1 aromatic heterocycles. The monoisotopic (exact) mass is 326 g/mol. The molecule has 3 rings (SSSR count). The van der Waals surface area contributed by atoms with Crippen molar-refractivity contribution in [3.63, 3.8) is 0 Å². The van der Waals surface area contributed by atoms with Gasteiger partial charge in [0.25, 0.3) is 0 Å². The molecule has 3 atom stereocenters. The predicted octanol–water partition coefficient (Wildman–Crippen LogP) is 2.86. The minimum absolute atomic E-state index is 0.0583. The van der Waals surface area contributed by atoms with Crippen LogP contribution in [0.25, 0.3) is 0 Å². The molecule has 2 saturated carbocycles. The maximum Gasteiger partial charge on any atom is 0.239 e. The van der Waals surface area contributed by atoms with Crippen molar-refractivity contribution in [2.24, 2.45) is 11.8 Å². The van der Waals surface area contributed by atoms with Crippen LogP contribution in [-0.2, 0) is 4.79 Å². The second-order valence-electron chi connectivity index (χ2n) is 7.26. The van der Waals surface area contributed by atoms with Gasteiger partial charge in [0.05, 0.1) is 12.1 Å². The first-order chi connectivity index (χ1) is 11.7. The number of rotatable bonds is 4. The van der Waals surface area contributed by atoms with E-state index in [4.69, 9.17) is 5.26 Å². The maximum absolute atomic E-state index is 12.3. The third kappa shape index (κ3) is 4.05. The molecule has 5 heteroatoms. The van der Waals surface area contributed by atoms with E-state index in [0.29, 0.717) is 24.0 Å². The van der Waals surface area contributed by atoms with Crippen molar-refractivity contribution in [3.05, 3.63) is 23.9 Å². The summed E-state index contributed by atoms with van der Waals surface area (Å²) in [6.45, 7) is 0.295. The highest BCUT2D eigenvalue weighted by atomic mass is 16.2. The third-order valence-electron chi connectivity index (χ3n) is 5.55. The molecular formula is C19H26N4O. The van der Waals surface area contributed by atoms with Crippen LogP contribution < -0.4 is 10.2 Å². The summed E-state index contributed by atoms with van der Waals surface area (Å²) in [4.78, 5) is 18.4. The summed E-state index contributed by atoms with van der Waals surface area (Å²) in [5, 5.41) is 12.0. The van der Waals surface area contributed by atoms with Gasteiger partial charge in [0, 0.05) is 19.3 Å². The molecular weight excluding hydrogens is 300 g/mol. The van der Waals surface area contributed by atoms with Crippen LogP contribution in [0.5, 0.6) is 0 Å². The molecule has 0 bridgehead atoms. The van der Waals surface area contributed by atoms with Crippen molar-refractivity contribution in [1.29, 1.82) is 5.26 Å². The van der Waals surface area contributed by atoms with E-state index in [1.807, 2.05) is 11.9 Å². The smallest absolute Gasteiger partial charge is 0.239 e. The first-order valence-electron chi connectivity index (χ1n) is 9.02. The second-order valence-corrected chi connectivity index (χ2v) is 7.26. The lowest BCUT2D eigenvalue weighted by atomic mass is 9.69. The van der Waals surface area contributed by atoms with Crippen LogP contribution in [-0.4, -0.2) is 30.5 Å². The zero-order chi connectivity index (χ0) is 16.9. The van der Waals surface area contributed by atoms with E-state index in [0.717, 1.165) is 24.7 Å². The van der Waals surface area contributed by atoms with E-state index in [1.54, 1.807) is 12.1 Å². The number of pyridine rings is 1. The lowest BCUT2D eigenvalue weighted by Crippen LogP contribution is -2.45. The van der Waals surface area contributed by atoms with Crippen LogP contribution in [0.1, 0.15) is 50.5 Å². The molecule has 5 nitrogen and oxygen atoms in total. The van der Waals surface area contributed by atoms with Crippen LogP contribution >= 0.6 is 0 Å². The summed E-state index contributed by atoms with van der Waals surface area (Å²) >= 11 is 0. The minimum atomic E-state index is 0.0583. The standard InChI is InChI=1S/C19H26N4O/c1-23(18-9-6-14(11-20)12-21-18)13-19(24)22-17-8-7-15-4-2-3-5-16(15)10-17/h6,9,12,15-17H,2-5,7-8,10,13H2,1H3,(H,22,24). The Kier molecular flexibility index (Phi) is 5.34. The molecule has 1 amide bonds. The number of likely N-dealkylation sites (N-methyl/N-ethyl adjacent to an activating group) is 1. The van der Waals surface area contributed by atoms with Crippen molar-refractivity contribution < 1.29 is 4.79 Å². The van der Waals surface area contributed by atoms with Crippen LogP contribution in [0.4, 0.5) is 5.82 Å². The molecule has 0 saturated heterocycles. The summed E-state index contributed by atoms with van der Waals surface area (Å²) in [6, 6.07) is 5.88. The van der Waals surface area contributed by atoms with Gasteiger partial charge >= 0.3 is 0 Å². The number of carbonyl (C=O) groups is 1. The van der Waals surface area contributed by atoms with Crippen molar-refractivity contribution in [1.82, 2.24) is 10.3 Å². The number of hydrogen-bond donors (Lipinski definition) is 1. The van der Waals surface area contributed by atoms with Crippen molar-refractivity contribution >= 4 is 11.7 Å². The predicted molar refractivity (Wildman–Crippen MR) is 93.5 cm³/mol. The fourth-order valence-electron chi connectivity index (χ4n) is 4.25. The SMILES string of the molecule is CN(CC(=O)NC1CCC2CCCCC2C1)c1ccc(C#N)cn1. The topological polar surface area (TPSA) is 69.0 Å². The van der Waals surface area contributed by atoms with E-state index < -0.39 is 0 Å². The first kappa shape index (κ1) is 16.8. The number of nitrogens with one attached hydrogen (secondary N) is 1. The summed E-state index contributed by atoms with van der Waals surface area (Å²) < 4.78 is 0. The lowest BCUT2D eigenvalue weighted by molar-refractivity contribution is -0.120. The average molecular weight is 326 g/mol. The molecule has 0 aliphatic heterocycles. The Morgan fingerprint density at radius 1 is 1.29 bits per heavy atom. The highest BCUT2D eigenvalue weighted by Crippen LogP contribution is 2.40. The van der Waals surface area contributed by atoms with Gasteiger partial charge < -0.3 is 10.2 Å². The molecule has 0 spiro atoms. The van der Waals surface area contributed by atoms with E-state index in [9.17, 15) is 4.79 Å². The summed E-state index contributed by atoms with van der Waals surface area (Å²) in [6.07, 6.45) is 10.5. The molecule has 0 radical (unpaired) electrons. The van der Waals surface area contributed by atoms with E-state index in [1.165, 1.54) is 38.3 Å². The lowest BCUT2D eigenvalue weighted by Gasteiger charge is -2.39. The number of anilines is 1. The largest absolute Gasteiger partial charge is 0.352 e. The van der Waals surface area contributed by atoms with Crippen LogP contribution in [0.2, 0.25) is 0 Å². The summed E-state index contributed by atoms with van der Waals surface area (Å²) in [5.41, 5.74) is 0.529. The fraction of sp³-hybridized carbons (Fsp3) is 0.632. The molecule has 3 unspecified atom stereocenters. The summed E-state index contributed by atoms with van der Waals surface area (Å²) in [5.74, 6) is 2.48. The van der Waals surface area contributed by atoms with Gasteiger partial charge in [0.2, 0.25) is 5.91 Å².